The van der Waals surface area contributed by atoms with Crippen LogP contribution in [0, 0.1) is 0 Å². The first kappa shape index (κ1) is 16.4. The molecule has 2 heterocycles. The second kappa shape index (κ2) is 6.34. The molecule has 1 saturated carbocycles. The number of aliphatic hydroxyl groups is 1. The molecule has 1 aliphatic rings. The van der Waals surface area contributed by atoms with E-state index in [1.54, 1.807) is 28.8 Å². The van der Waals surface area contributed by atoms with Crippen LogP contribution in [0.2, 0.25) is 0 Å². The Bertz CT molecular complexity index is 1030. The number of carbonyl (C=O) groups is 1. The smallest absolute Gasteiger partial charge is 0.287 e. The van der Waals surface area contributed by atoms with Gasteiger partial charge in [-0.05, 0) is 25.0 Å². The highest BCUT2D eigenvalue weighted by atomic mass is 16.3. The summed E-state index contributed by atoms with van der Waals surface area (Å²) in [4.78, 5) is 31.2. The molecule has 2 aromatic heterocycles. The van der Waals surface area contributed by atoms with Gasteiger partial charge in [0.15, 0.2) is 11.6 Å². The number of carbonyl (C=O) groups excluding carboxylic acids is 1. The lowest BCUT2D eigenvalue weighted by Crippen LogP contribution is -2.44. The van der Waals surface area contributed by atoms with E-state index >= 15 is 0 Å². The molecular formula is C17H18N6O3. The number of rotatable bonds is 4. The average Bonchev–Trinajstić information content (AvgIpc) is 2.97. The van der Waals surface area contributed by atoms with Crippen molar-refractivity contribution in [2.75, 3.05) is 0 Å². The lowest BCUT2D eigenvalue weighted by Gasteiger charge is -2.34. The lowest BCUT2D eigenvalue weighted by atomic mass is 9.79. The first-order valence-corrected chi connectivity index (χ1v) is 8.35. The first-order valence-electron chi connectivity index (χ1n) is 8.35. The Morgan fingerprint density at radius 1 is 1.35 bits per heavy atom. The summed E-state index contributed by atoms with van der Waals surface area (Å²) in [5.74, 6) is 1.12. The highest BCUT2D eigenvalue weighted by molar-refractivity contribution is 5.92. The molecule has 1 fully saturated rings. The number of aromatic nitrogens is 5. The molecule has 26 heavy (non-hydrogen) atoms. The van der Waals surface area contributed by atoms with Gasteiger partial charge in [-0.25, -0.2) is 4.98 Å². The minimum Gasteiger partial charge on any atom is -0.388 e. The number of H-pyrrole nitrogens is 1. The zero-order valence-corrected chi connectivity index (χ0v) is 14.1. The summed E-state index contributed by atoms with van der Waals surface area (Å²) in [5, 5.41) is 20.6. The fourth-order valence-electron chi connectivity index (χ4n) is 3.26. The fourth-order valence-corrected chi connectivity index (χ4v) is 3.26. The van der Waals surface area contributed by atoms with Gasteiger partial charge < -0.3 is 20.0 Å². The van der Waals surface area contributed by atoms with E-state index in [0.29, 0.717) is 16.7 Å². The Morgan fingerprint density at radius 2 is 2.12 bits per heavy atom. The lowest BCUT2D eigenvalue weighted by molar-refractivity contribution is 0.0896. The summed E-state index contributed by atoms with van der Waals surface area (Å²) < 4.78 is 1.78. The second-order valence-corrected chi connectivity index (χ2v) is 6.46. The molecule has 3 aromatic rings. The van der Waals surface area contributed by atoms with E-state index in [2.05, 4.69) is 25.5 Å². The summed E-state index contributed by atoms with van der Waals surface area (Å²) in [5.41, 5.74) is 0.159. The van der Waals surface area contributed by atoms with Crippen molar-refractivity contribution in [3.63, 3.8) is 0 Å². The Labute approximate surface area is 148 Å². The van der Waals surface area contributed by atoms with Crippen molar-refractivity contribution in [3.8, 4) is 0 Å². The van der Waals surface area contributed by atoms with Crippen LogP contribution in [-0.4, -0.2) is 41.8 Å². The molecule has 9 nitrogen and oxygen atoms in total. The number of aromatic amines is 1. The van der Waals surface area contributed by atoms with Crippen LogP contribution >= 0.6 is 0 Å². The molecule has 0 aliphatic heterocycles. The molecule has 0 atom stereocenters. The SMILES string of the molecule is Cn1c(CO)nnc1C1CC(NC(=O)c2nc3ccccc3c(=O)[nH]2)C1. The van der Waals surface area contributed by atoms with Crippen LogP contribution in [0.25, 0.3) is 10.9 Å². The van der Waals surface area contributed by atoms with Gasteiger partial charge in [-0.15, -0.1) is 10.2 Å². The normalized spacial score (nSPS) is 19.3. The number of fused-ring (bicyclic) bond motifs is 1. The third-order valence-corrected chi connectivity index (χ3v) is 4.81. The van der Waals surface area contributed by atoms with E-state index < -0.39 is 5.91 Å². The highest BCUT2D eigenvalue weighted by Gasteiger charge is 2.35. The largest absolute Gasteiger partial charge is 0.388 e. The Balaban J connectivity index is 1.44. The summed E-state index contributed by atoms with van der Waals surface area (Å²) in [6.45, 7) is -0.155. The maximum atomic E-state index is 12.4. The molecule has 0 spiro atoms. The summed E-state index contributed by atoms with van der Waals surface area (Å²) in [6, 6.07) is 6.88. The third-order valence-electron chi connectivity index (χ3n) is 4.81. The molecule has 9 heteroatoms. The number of nitrogens with one attached hydrogen (secondary N) is 2. The van der Waals surface area contributed by atoms with Crippen molar-refractivity contribution in [1.82, 2.24) is 30.0 Å². The van der Waals surface area contributed by atoms with Gasteiger partial charge in [0, 0.05) is 19.0 Å². The van der Waals surface area contributed by atoms with Gasteiger partial charge in [0.1, 0.15) is 12.4 Å². The number of hydrogen-bond donors (Lipinski definition) is 3. The molecule has 0 saturated heterocycles. The molecule has 0 radical (unpaired) electrons. The van der Waals surface area contributed by atoms with Crippen molar-refractivity contribution in [2.24, 2.45) is 7.05 Å². The van der Waals surface area contributed by atoms with Gasteiger partial charge >= 0.3 is 0 Å². The van der Waals surface area contributed by atoms with E-state index in [-0.39, 0.29) is 30.0 Å². The number of hydrogen-bond acceptors (Lipinski definition) is 6. The molecular weight excluding hydrogens is 336 g/mol. The van der Waals surface area contributed by atoms with E-state index in [4.69, 9.17) is 0 Å². The number of amides is 1. The molecule has 1 aromatic carbocycles. The van der Waals surface area contributed by atoms with Gasteiger partial charge in [-0.2, -0.15) is 0 Å². The van der Waals surface area contributed by atoms with Crippen molar-refractivity contribution < 1.29 is 9.90 Å². The van der Waals surface area contributed by atoms with Crippen molar-refractivity contribution in [2.45, 2.75) is 31.4 Å². The summed E-state index contributed by atoms with van der Waals surface area (Å²) in [6.07, 6.45) is 1.45. The quantitative estimate of drug-likeness (QED) is 0.615. The Hall–Kier alpha value is -3.07. The van der Waals surface area contributed by atoms with Gasteiger partial charge in [-0.3, -0.25) is 9.59 Å². The van der Waals surface area contributed by atoms with Crippen molar-refractivity contribution in [1.29, 1.82) is 0 Å². The van der Waals surface area contributed by atoms with Gasteiger partial charge in [-0.1, -0.05) is 12.1 Å². The van der Waals surface area contributed by atoms with Crippen LogP contribution in [0.15, 0.2) is 29.1 Å². The second-order valence-electron chi connectivity index (χ2n) is 6.46. The van der Waals surface area contributed by atoms with Crippen LogP contribution in [0.4, 0.5) is 0 Å². The number of nitrogens with zero attached hydrogens (tertiary/aromatic N) is 4. The van der Waals surface area contributed by atoms with Crippen LogP contribution < -0.4 is 10.9 Å². The number of aliphatic hydroxyl groups excluding tert-OH is 1. The standard InChI is InChI=1S/C17H18N6O3/c1-23-13(8-24)21-22-15(23)9-6-10(7-9)18-17(26)14-19-12-5-3-2-4-11(12)16(25)20-14/h2-5,9-10,24H,6-8H2,1H3,(H,18,26)(H,19,20,25). The number of benzene rings is 1. The molecule has 0 bridgehead atoms. The molecule has 4 rings (SSSR count). The number of para-hydroxylation sites is 1. The van der Waals surface area contributed by atoms with E-state index in [1.165, 1.54) is 0 Å². The molecule has 1 amide bonds. The van der Waals surface area contributed by atoms with E-state index in [1.807, 2.05) is 7.05 Å². The Morgan fingerprint density at radius 3 is 2.85 bits per heavy atom. The maximum Gasteiger partial charge on any atom is 0.287 e. The van der Waals surface area contributed by atoms with Crippen LogP contribution in [0.1, 0.15) is 41.0 Å². The fraction of sp³-hybridized carbons (Fsp3) is 0.353. The summed E-state index contributed by atoms with van der Waals surface area (Å²) in [7, 11) is 1.82. The van der Waals surface area contributed by atoms with Crippen LogP contribution in [0.5, 0.6) is 0 Å². The predicted molar refractivity (Wildman–Crippen MR) is 92.5 cm³/mol. The van der Waals surface area contributed by atoms with Crippen molar-refractivity contribution in [3.05, 3.63) is 52.1 Å². The van der Waals surface area contributed by atoms with Gasteiger partial charge in [0.2, 0.25) is 0 Å². The zero-order valence-electron chi connectivity index (χ0n) is 14.1. The zero-order chi connectivity index (χ0) is 18.3. The van der Waals surface area contributed by atoms with Crippen LogP contribution in [-0.2, 0) is 13.7 Å². The maximum absolute atomic E-state index is 12.4. The molecule has 0 unspecified atom stereocenters. The monoisotopic (exact) mass is 354 g/mol. The highest BCUT2D eigenvalue weighted by Crippen LogP contribution is 2.35. The van der Waals surface area contributed by atoms with E-state index in [0.717, 1.165) is 18.7 Å². The molecule has 1 aliphatic carbocycles. The predicted octanol–water partition coefficient (Wildman–Crippen LogP) is 0.220. The average molecular weight is 354 g/mol. The summed E-state index contributed by atoms with van der Waals surface area (Å²) >= 11 is 0. The van der Waals surface area contributed by atoms with Gasteiger partial charge in [0.25, 0.3) is 11.5 Å². The van der Waals surface area contributed by atoms with Gasteiger partial charge in [0.05, 0.1) is 10.9 Å². The topological polar surface area (TPSA) is 126 Å². The molecule has 134 valence electrons. The van der Waals surface area contributed by atoms with E-state index in [9.17, 15) is 14.7 Å². The third kappa shape index (κ3) is 2.76. The Kier molecular flexibility index (Phi) is 4.00. The minimum absolute atomic E-state index is 0.0124. The van der Waals surface area contributed by atoms with Crippen molar-refractivity contribution >= 4 is 16.8 Å². The van der Waals surface area contributed by atoms with Crippen LogP contribution in [0.3, 0.4) is 0 Å². The molecule has 3 N–H and O–H groups in total. The first-order chi connectivity index (χ1) is 12.6. The minimum atomic E-state index is -0.398.